The molecule has 1 aromatic rings. The largest absolute Gasteiger partial charge is 0.336 e. The Labute approximate surface area is 100 Å². The lowest BCUT2D eigenvalue weighted by Crippen LogP contribution is -2.53. The van der Waals surface area contributed by atoms with Crippen LogP contribution in [0, 0.1) is 0 Å². The summed E-state index contributed by atoms with van der Waals surface area (Å²) >= 11 is 0. The summed E-state index contributed by atoms with van der Waals surface area (Å²) in [6.07, 6.45) is 1.65. The summed E-state index contributed by atoms with van der Waals surface area (Å²) < 4.78 is 1.44. The average Bonchev–Trinajstić information content (AvgIpc) is 2.32. The highest BCUT2D eigenvalue weighted by Gasteiger charge is 2.22. The Kier molecular flexibility index (Phi) is 3.58. The van der Waals surface area contributed by atoms with Crippen molar-refractivity contribution in [1.82, 2.24) is 14.8 Å². The highest BCUT2D eigenvalue weighted by atomic mass is 16.2. The molecule has 2 heterocycles. The molecule has 1 N–H and O–H groups in total. The highest BCUT2D eigenvalue weighted by molar-refractivity contribution is 5.76. The van der Waals surface area contributed by atoms with Crippen LogP contribution < -0.4 is 10.9 Å². The standard InChI is InChI=1S/C12H17N3O2/c1-10-8-13-5-7-15(10)12(17)9-14-6-3-2-4-11(14)16/h2-4,6,10,13H,5,7-9H2,1H3. The first kappa shape index (κ1) is 11.9. The van der Waals surface area contributed by atoms with E-state index in [4.69, 9.17) is 0 Å². The van der Waals surface area contributed by atoms with Gasteiger partial charge in [-0.15, -0.1) is 0 Å². The van der Waals surface area contributed by atoms with Gasteiger partial charge >= 0.3 is 0 Å². The summed E-state index contributed by atoms with van der Waals surface area (Å²) in [4.78, 5) is 25.4. The zero-order chi connectivity index (χ0) is 12.3. The number of hydrogen-bond acceptors (Lipinski definition) is 3. The average molecular weight is 235 g/mol. The van der Waals surface area contributed by atoms with Crippen molar-refractivity contribution in [3.05, 3.63) is 34.7 Å². The highest BCUT2D eigenvalue weighted by Crippen LogP contribution is 2.03. The molecular formula is C12H17N3O2. The van der Waals surface area contributed by atoms with Crippen LogP contribution in [0.15, 0.2) is 29.2 Å². The van der Waals surface area contributed by atoms with Crippen molar-refractivity contribution in [3.63, 3.8) is 0 Å². The first-order chi connectivity index (χ1) is 8.18. The normalized spacial score (nSPS) is 20.3. The molecule has 0 aliphatic carbocycles. The minimum absolute atomic E-state index is 0.00676. The van der Waals surface area contributed by atoms with Gasteiger partial charge < -0.3 is 14.8 Å². The Morgan fingerprint density at radius 2 is 2.35 bits per heavy atom. The lowest BCUT2D eigenvalue weighted by atomic mass is 10.2. The van der Waals surface area contributed by atoms with Crippen LogP contribution in [-0.4, -0.2) is 41.1 Å². The van der Waals surface area contributed by atoms with Crippen molar-refractivity contribution in [3.8, 4) is 0 Å². The summed E-state index contributed by atoms with van der Waals surface area (Å²) in [7, 11) is 0. The molecule has 2 rings (SSSR count). The van der Waals surface area contributed by atoms with Gasteiger partial charge in [0.2, 0.25) is 5.91 Å². The van der Waals surface area contributed by atoms with E-state index in [-0.39, 0.29) is 24.1 Å². The Balaban J connectivity index is 2.06. The van der Waals surface area contributed by atoms with Gasteiger partial charge in [0.25, 0.3) is 5.56 Å². The van der Waals surface area contributed by atoms with E-state index in [1.165, 1.54) is 10.6 Å². The van der Waals surface area contributed by atoms with Crippen LogP contribution in [0.4, 0.5) is 0 Å². The van der Waals surface area contributed by atoms with Gasteiger partial charge in [-0.2, -0.15) is 0 Å². The minimum Gasteiger partial charge on any atom is -0.336 e. The van der Waals surface area contributed by atoms with Gasteiger partial charge in [0.05, 0.1) is 0 Å². The van der Waals surface area contributed by atoms with Crippen LogP contribution >= 0.6 is 0 Å². The van der Waals surface area contributed by atoms with E-state index in [0.29, 0.717) is 6.54 Å². The van der Waals surface area contributed by atoms with E-state index in [2.05, 4.69) is 5.32 Å². The molecule has 1 fully saturated rings. The van der Waals surface area contributed by atoms with E-state index >= 15 is 0 Å². The van der Waals surface area contributed by atoms with Crippen molar-refractivity contribution in [2.24, 2.45) is 0 Å². The molecule has 17 heavy (non-hydrogen) atoms. The first-order valence-electron chi connectivity index (χ1n) is 5.84. The van der Waals surface area contributed by atoms with E-state index in [1.807, 2.05) is 11.8 Å². The summed E-state index contributed by atoms with van der Waals surface area (Å²) in [5.74, 6) is 0.00676. The number of aromatic nitrogens is 1. The third-order valence-corrected chi connectivity index (χ3v) is 3.03. The first-order valence-corrected chi connectivity index (χ1v) is 5.84. The Morgan fingerprint density at radius 1 is 1.53 bits per heavy atom. The number of piperazine rings is 1. The third kappa shape index (κ3) is 2.74. The molecule has 1 atom stereocenters. The maximum absolute atomic E-state index is 12.1. The number of rotatable bonds is 2. The molecule has 1 aliphatic heterocycles. The molecule has 0 spiro atoms. The molecule has 5 heteroatoms. The van der Waals surface area contributed by atoms with Crippen LogP contribution in [0.5, 0.6) is 0 Å². The molecule has 5 nitrogen and oxygen atoms in total. The molecule has 1 unspecified atom stereocenters. The maximum Gasteiger partial charge on any atom is 0.250 e. The zero-order valence-corrected chi connectivity index (χ0v) is 9.93. The molecule has 1 aliphatic rings. The predicted octanol–water partition coefficient (Wildman–Crippen LogP) is -0.331. The van der Waals surface area contributed by atoms with E-state index in [1.54, 1.807) is 18.3 Å². The van der Waals surface area contributed by atoms with Gasteiger partial charge in [0, 0.05) is 37.9 Å². The van der Waals surface area contributed by atoms with Gasteiger partial charge in [-0.1, -0.05) is 6.07 Å². The monoisotopic (exact) mass is 235 g/mol. The maximum atomic E-state index is 12.1. The number of amides is 1. The molecule has 1 amide bonds. The SMILES string of the molecule is CC1CNCCN1C(=O)Cn1ccccc1=O. The van der Waals surface area contributed by atoms with E-state index in [9.17, 15) is 9.59 Å². The second-order valence-corrected chi connectivity index (χ2v) is 4.31. The van der Waals surface area contributed by atoms with Crippen LogP contribution in [0.2, 0.25) is 0 Å². The summed E-state index contributed by atoms with van der Waals surface area (Å²) in [5.41, 5.74) is -0.136. The van der Waals surface area contributed by atoms with Gasteiger partial charge in [0.15, 0.2) is 0 Å². The van der Waals surface area contributed by atoms with Gasteiger partial charge in [-0.05, 0) is 13.0 Å². The number of hydrogen-bond donors (Lipinski definition) is 1. The van der Waals surface area contributed by atoms with Crippen LogP contribution in [0.3, 0.4) is 0 Å². The molecule has 92 valence electrons. The van der Waals surface area contributed by atoms with Crippen LogP contribution in [0.25, 0.3) is 0 Å². The molecule has 1 aromatic heterocycles. The number of nitrogens with one attached hydrogen (secondary N) is 1. The van der Waals surface area contributed by atoms with Crippen molar-refractivity contribution in [1.29, 1.82) is 0 Å². The topological polar surface area (TPSA) is 54.3 Å². The van der Waals surface area contributed by atoms with E-state index in [0.717, 1.165) is 13.1 Å². The summed E-state index contributed by atoms with van der Waals surface area (Å²) in [6.45, 7) is 4.48. The fourth-order valence-corrected chi connectivity index (χ4v) is 2.04. The second-order valence-electron chi connectivity index (χ2n) is 4.31. The van der Waals surface area contributed by atoms with Crippen molar-refractivity contribution < 1.29 is 4.79 Å². The van der Waals surface area contributed by atoms with Crippen LogP contribution in [0.1, 0.15) is 6.92 Å². The van der Waals surface area contributed by atoms with Crippen molar-refractivity contribution in [2.45, 2.75) is 19.5 Å². The van der Waals surface area contributed by atoms with Crippen molar-refractivity contribution >= 4 is 5.91 Å². The lowest BCUT2D eigenvalue weighted by molar-refractivity contribution is -0.134. The number of carbonyl (C=O) groups excluding carboxylic acids is 1. The fraction of sp³-hybridized carbons (Fsp3) is 0.500. The zero-order valence-electron chi connectivity index (χ0n) is 9.93. The quantitative estimate of drug-likeness (QED) is 0.763. The minimum atomic E-state index is -0.136. The number of carbonyl (C=O) groups is 1. The molecule has 0 aromatic carbocycles. The molecule has 1 saturated heterocycles. The Hall–Kier alpha value is -1.62. The summed E-state index contributed by atoms with van der Waals surface area (Å²) in [5, 5.41) is 3.23. The summed E-state index contributed by atoms with van der Waals surface area (Å²) in [6, 6.07) is 5.09. The Bertz CT molecular complexity index is 455. The van der Waals surface area contributed by atoms with Crippen molar-refractivity contribution in [2.75, 3.05) is 19.6 Å². The molecule has 0 saturated carbocycles. The van der Waals surface area contributed by atoms with E-state index < -0.39 is 0 Å². The number of nitrogens with zero attached hydrogens (tertiary/aromatic N) is 2. The molecule has 0 bridgehead atoms. The number of pyridine rings is 1. The van der Waals surface area contributed by atoms with Gasteiger partial charge in [-0.25, -0.2) is 0 Å². The second kappa shape index (κ2) is 5.14. The van der Waals surface area contributed by atoms with Crippen LogP contribution in [-0.2, 0) is 11.3 Å². The smallest absolute Gasteiger partial charge is 0.250 e. The fourth-order valence-electron chi connectivity index (χ4n) is 2.04. The predicted molar refractivity (Wildman–Crippen MR) is 64.7 cm³/mol. The molecular weight excluding hydrogens is 218 g/mol. The van der Waals surface area contributed by atoms with Gasteiger partial charge in [-0.3, -0.25) is 9.59 Å². The Morgan fingerprint density at radius 3 is 3.06 bits per heavy atom. The lowest BCUT2D eigenvalue weighted by Gasteiger charge is -2.34. The van der Waals surface area contributed by atoms with Gasteiger partial charge in [0.1, 0.15) is 6.54 Å². The third-order valence-electron chi connectivity index (χ3n) is 3.03. The molecule has 0 radical (unpaired) electrons.